The molecule has 0 unspecified atom stereocenters. The Bertz CT molecular complexity index is 1410. The molecule has 1 amide bonds. The number of nitrogens with zero attached hydrogens (tertiary/aromatic N) is 3. The van der Waals surface area contributed by atoms with Crippen molar-refractivity contribution in [1.82, 2.24) is 14.1 Å². The van der Waals surface area contributed by atoms with Crippen molar-refractivity contribution in [2.24, 2.45) is 14.1 Å². The molecule has 0 aliphatic rings. The Labute approximate surface area is 190 Å². The number of aromatic nitrogens is 3. The molecule has 0 aliphatic heterocycles. The molecule has 0 saturated heterocycles. The fraction of sp³-hybridized carbons (Fsp3) is 0.292. The van der Waals surface area contributed by atoms with E-state index in [2.05, 4.69) is 5.32 Å². The lowest BCUT2D eigenvalue weighted by atomic mass is 10.1. The summed E-state index contributed by atoms with van der Waals surface area (Å²) in [5, 5.41) is 4.34. The second kappa shape index (κ2) is 8.35. The van der Waals surface area contributed by atoms with Crippen LogP contribution >= 0.6 is 11.8 Å². The van der Waals surface area contributed by atoms with Crippen molar-refractivity contribution in [2.75, 3.05) is 18.2 Å². The van der Waals surface area contributed by atoms with Gasteiger partial charge in [0.25, 0.3) is 5.56 Å². The molecule has 0 aliphatic carbocycles. The normalized spacial score (nSPS) is 11.3. The average molecular weight is 451 g/mol. The van der Waals surface area contributed by atoms with Gasteiger partial charge in [-0.1, -0.05) is 29.5 Å². The van der Waals surface area contributed by atoms with Crippen molar-refractivity contribution in [3.8, 4) is 5.75 Å². The number of carbonyl (C=O) groups is 1. The fourth-order valence-electron chi connectivity index (χ4n) is 4.12. The van der Waals surface area contributed by atoms with Crippen molar-refractivity contribution in [1.29, 1.82) is 0 Å². The third-order valence-electron chi connectivity index (χ3n) is 5.66. The van der Waals surface area contributed by atoms with Gasteiger partial charge in [-0.05, 0) is 50.1 Å². The molecular formula is C24H26N4O3S. The molecule has 2 aromatic carbocycles. The van der Waals surface area contributed by atoms with Crippen LogP contribution in [0, 0.1) is 20.8 Å². The summed E-state index contributed by atoms with van der Waals surface area (Å²) in [7, 11) is 5.14. The standard InChI is InChI=1S/C24H26N4O3S/c1-13-9-14(2)20(15(3)10-13)25-19(29)12-32-24-26-21-17-11-16(31-6)7-8-18(17)27(4)22(21)23(30)28(24)5/h7-11H,12H2,1-6H3,(H,25,29). The topological polar surface area (TPSA) is 78.2 Å². The second-order valence-corrected chi connectivity index (χ2v) is 8.95. The lowest BCUT2D eigenvalue weighted by Gasteiger charge is -2.13. The zero-order valence-electron chi connectivity index (χ0n) is 19.1. The predicted molar refractivity (Wildman–Crippen MR) is 130 cm³/mol. The molecule has 4 aromatic rings. The highest BCUT2D eigenvalue weighted by Crippen LogP contribution is 2.30. The van der Waals surface area contributed by atoms with E-state index >= 15 is 0 Å². The van der Waals surface area contributed by atoms with E-state index in [1.807, 2.05) is 62.7 Å². The van der Waals surface area contributed by atoms with Crippen molar-refractivity contribution in [3.63, 3.8) is 0 Å². The molecule has 0 bridgehead atoms. The van der Waals surface area contributed by atoms with Gasteiger partial charge in [-0.2, -0.15) is 0 Å². The Hall–Kier alpha value is -3.26. The monoisotopic (exact) mass is 450 g/mol. The number of methoxy groups -OCH3 is 1. The summed E-state index contributed by atoms with van der Waals surface area (Å²) >= 11 is 1.25. The molecule has 0 spiro atoms. The number of benzene rings is 2. The number of nitrogens with one attached hydrogen (secondary N) is 1. The van der Waals surface area contributed by atoms with E-state index in [1.54, 1.807) is 14.2 Å². The van der Waals surface area contributed by atoms with Crippen LogP contribution in [-0.2, 0) is 18.9 Å². The van der Waals surface area contributed by atoms with Gasteiger partial charge in [0.05, 0.1) is 18.4 Å². The number of thioether (sulfide) groups is 1. The third kappa shape index (κ3) is 3.75. The maximum Gasteiger partial charge on any atom is 0.278 e. The predicted octanol–water partition coefficient (Wildman–Crippen LogP) is 4.09. The zero-order chi connectivity index (χ0) is 23.2. The Morgan fingerprint density at radius 1 is 1.09 bits per heavy atom. The van der Waals surface area contributed by atoms with Crippen LogP contribution in [0.2, 0.25) is 0 Å². The number of hydrogen-bond acceptors (Lipinski definition) is 5. The first-order valence-corrected chi connectivity index (χ1v) is 11.2. The Morgan fingerprint density at radius 2 is 1.78 bits per heavy atom. The molecule has 0 saturated carbocycles. The number of anilines is 1. The fourth-order valence-corrected chi connectivity index (χ4v) is 4.88. The van der Waals surface area contributed by atoms with Gasteiger partial charge in [0.15, 0.2) is 5.16 Å². The van der Waals surface area contributed by atoms with Gasteiger partial charge in [-0.25, -0.2) is 4.98 Å². The highest BCUT2D eigenvalue weighted by Gasteiger charge is 2.18. The maximum absolute atomic E-state index is 13.1. The highest BCUT2D eigenvalue weighted by atomic mass is 32.2. The van der Waals surface area contributed by atoms with E-state index in [0.29, 0.717) is 21.9 Å². The van der Waals surface area contributed by atoms with Gasteiger partial charge in [0, 0.05) is 25.2 Å². The van der Waals surface area contributed by atoms with E-state index in [4.69, 9.17) is 9.72 Å². The van der Waals surface area contributed by atoms with Gasteiger partial charge >= 0.3 is 0 Å². The Morgan fingerprint density at radius 3 is 2.44 bits per heavy atom. The third-order valence-corrected chi connectivity index (χ3v) is 6.69. The van der Waals surface area contributed by atoms with E-state index in [9.17, 15) is 9.59 Å². The first-order chi connectivity index (χ1) is 15.2. The summed E-state index contributed by atoms with van der Waals surface area (Å²) in [6.07, 6.45) is 0. The van der Waals surface area contributed by atoms with E-state index in [1.165, 1.54) is 16.3 Å². The summed E-state index contributed by atoms with van der Waals surface area (Å²) < 4.78 is 8.70. The summed E-state index contributed by atoms with van der Waals surface area (Å²) in [5.74, 6) is 0.705. The van der Waals surface area contributed by atoms with Crippen molar-refractivity contribution in [2.45, 2.75) is 25.9 Å². The van der Waals surface area contributed by atoms with Crippen LogP contribution in [0.1, 0.15) is 16.7 Å². The van der Waals surface area contributed by atoms with Gasteiger partial charge in [0.2, 0.25) is 5.91 Å². The first-order valence-electron chi connectivity index (χ1n) is 10.2. The van der Waals surface area contributed by atoms with Gasteiger partial charge in [-0.15, -0.1) is 0 Å². The number of aryl methyl sites for hydroxylation is 4. The summed E-state index contributed by atoms with van der Waals surface area (Å²) in [4.78, 5) is 30.5. The number of amides is 1. The second-order valence-electron chi connectivity index (χ2n) is 8.01. The minimum atomic E-state index is -0.152. The average Bonchev–Trinajstić information content (AvgIpc) is 3.03. The van der Waals surface area contributed by atoms with Crippen LogP contribution in [0.3, 0.4) is 0 Å². The number of hydrogen-bond donors (Lipinski definition) is 1. The van der Waals surface area contributed by atoms with Crippen LogP contribution in [0.5, 0.6) is 5.75 Å². The molecule has 1 N–H and O–H groups in total. The molecule has 7 nitrogen and oxygen atoms in total. The lowest BCUT2D eigenvalue weighted by molar-refractivity contribution is -0.113. The van der Waals surface area contributed by atoms with Crippen LogP contribution in [0.4, 0.5) is 5.69 Å². The van der Waals surface area contributed by atoms with Crippen LogP contribution in [0.25, 0.3) is 21.9 Å². The highest BCUT2D eigenvalue weighted by molar-refractivity contribution is 7.99. The number of carbonyl (C=O) groups excluding carboxylic acids is 1. The SMILES string of the molecule is COc1ccc2c(c1)c1nc(SCC(=O)Nc3c(C)cc(C)cc3C)n(C)c(=O)c1n2C. The molecule has 4 rings (SSSR count). The van der Waals surface area contributed by atoms with Crippen LogP contribution < -0.4 is 15.6 Å². The summed E-state index contributed by atoms with van der Waals surface area (Å²) in [5.41, 5.74) is 5.92. The van der Waals surface area contributed by atoms with Crippen molar-refractivity contribution >= 4 is 45.3 Å². The van der Waals surface area contributed by atoms with E-state index in [0.717, 1.165) is 33.3 Å². The molecule has 32 heavy (non-hydrogen) atoms. The molecule has 0 atom stereocenters. The van der Waals surface area contributed by atoms with E-state index < -0.39 is 0 Å². The summed E-state index contributed by atoms with van der Waals surface area (Å²) in [6, 6.07) is 9.75. The number of ether oxygens (including phenoxy) is 1. The smallest absolute Gasteiger partial charge is 0.278 e. The summed E-state index contributed by atoms with van der Waals surface area (Å²) in [6.45, 7) is 6.00. The van der Waals surface area contributed by atoms with Crippen LogP contribution in [-0.4, -0.2) is 32.9 Å². The molecule has 166 valence electrons. The largest absolute Gasteiger partial charge is 0.497 e. The first kappa shape index (κ1) is 22.0. The minimum Gasteiger partial charge on any atom is -0.497 e. The quantitative estimate of drug-likeness (QED) is 0.366. The van der Waals surface area contributed by atoms with Gasteiger partial charge in [-0.3, -0.25) is 14.2 Å². The number of rotatable bonds is 5. The minimum absolute atomic E-state index is 0.140. The van der Waals surface area contributed by atoms with Gasteiger partial charge < -0.3 is 14.6 Å². The van der Waals surface area contributed by atoms with Crippen LogP contribution in [0.15, 0.2) is 40.3 Å². The Balaban J connectivity index is 1.66. The van der Waals surface area contributed by atoms with E-state index in [-0.39, 0.29) is 17.2 Å². The van der Waals surface area contributed by atoms with Gasteiger partial charge in [0.1, 0.15) is 16.8 Å². The molecule has 0 radical (unpaired) electrons. The van der Waals surface area contributed by atoms with Crippen molar-refractivity contribution < 1.29 is 9.53 Å². The molecule has 0 fully saturated rings. The molecule has 2 aromatic heterocycles. The maximum atomic E-state index is 13.1. The molecular weight excluding hydrogens is 424 g/mol. The molecule has 8 heteroatoms. The Kier molecular flexibility index (Phi) is 5.73. The van der Waals surface area contributed by atoms with Crippen molar-refractivity contribution in [3.05, 3.63) is 57.4 Å². The lowest BCUT2D eigenvalue weighted by Crippen LogP contribution is -2.22. The zero-order valence-corrected chi connectivity index (χ0v) is 19.9. The number of fused-ring (bicyclic) bond motifs is 3. The molecule has 2 heterocycles.